The normalized spacial score (nSPS) is 29.0. The maximum atomic E-state index is 11.5. The van der Waals surface area contributed by atoms with Crippen molar-refractivity contribution in [2.45, 2.75) is 45.7 Å². The first-order chi connectivity index (χ1) is 6.02. The first kappa shape index (κ1) is 10.5. The molecule has 2 N–H and O–H groups in total. The zero-order chi connectivity index (χ0) is 10.0. The van der Waals surface area contributed by atoms with E-state index >= 15 is 0 Å². The predicted molar refractivity (Wildman–Crippen MR) is 53.2 cm³/mol. The Kier molecular flexibility index (Phi) is 3.31. The van der Waals surface area contributed by atoms with Crippen molar-refractivity contribution in [3.05, 3.63) is 0 Å². The molecule has 3 nitrogen and oxygen atoms in total. The second kappa shape index (κ2) is 4.09. The van der Waals surface area contributed by atoms with Crippen LogP contribution in [0.1, 0.15) is 33.6 Å². The maximum Gasteiger partial charge on any atom is 0.224 e. The Bertz CT molecular complexity index is 191. The van der Waals surface area contributed by atoms with Gasteiger partial charge in [0.1, 0.15) is 0 Å². The molecule has 1 saturated heterocycles. The monoisotopic (exact) mass is 184 g/mol. The molecule has 76 valence electrons. The molecule has 3 heteroatoms. The van der Waals surface area contributed by atoms with Crippen molar-refractivity contribution in [2.75, 3.05) is 6.54 Å². The molecule has 0 aromatic heterocycles. The lowest BCUT2D eigenvalue weighted by Crippen LogP contribution is -2.38. The molecule has 0 aromatic rings. The number of amides is 1. The van der Waals surface area contributed by atoms with Crippen LogP contribution in [0.4, 0.5) is 0 Å². The summed E-state index contributed by atoms with van der Waals surface area (Å²) in [6, 6.07) is 0.269. The average molecular weight is 184 g/mol. The highest BCUT2D eigenvalue weighted by Gasteiger charge is 2.33. The van der Waals surface area contributed by atoms with Crippen LogP contribution < -0.4 is 5.73 Å². The van der Waals surface area contributed by atoms with Gasteiger partial charge in [-0.1, -0.05) is 13.8 Å². The van der Waals surface area contributed by atoms with Crippen molar-refractivity contribution in [3.63, 3.8) is 0 Å². The van der Waals surface area contributed by atoms with Crippen molar-refractivity contribution < 1.29 is 4.79 Å². The molecule has 2 atom stereocenters. The molecule has 0 aromatic carbocycles. The van der Waals surface area contributed by atoms with Crippen LogP contribution in [0.15, 0.2) is 0 Å². The molecule has 2 unspecified atom stereocenters. The largest absolute Gasteiger partial charge is 0.338 e. The van der Waals surface area contributed by atoms with Gasteiger partial charge in [-0.05, 0) is 19.3 Å². The van der Waals surface area contributed by atoms with Crippen molar-refractivity contribution >= 4 is 5.91 Å². The molecule has 1 aliphatic rings. The van der Waals surface area contributed by atoms with Gasteiger partial charge in [0.05, 0.1) is 0 Å². The lowest BCUT2D eigenvalue weighted by molar-refractivity contribution is -0.128. The van der Waals surface area contributed by atoms with Crippen LogP contribution in [0.25, 0.3) is 0 Å². The molecule has 0 aliphatic carbocycles. The molecule has 1 aliphatic heterocycles. The molecule has 0 saturated carbocycles. The van der Waals surface area contributed by atoms with Gasteiger partial charge in [0.2, 0.25) is 5.91 Å². The minimum Gasteiger partial charge on any atom is -0.338 e. The molecule has 0 spiro atoms. The van der Waals surface area contributed by atoms with Gasteiger partial charge in [-0.25, -0.2) is 0 Å². The molecular weight excluding hydrogens is 164 g/mol. The molecular formula is C10H20N2O. The summed E-state index contributed by atoms with van der Waals surface area (Å²) in [7, 11) is 0. The number of carbonyl (C=O) groups is 1. The van der Waals surface area contributed by atoms with Crippen LogP contribution in [0.3, 0.4) is 0 Å². The van der Waals surface area contributed by atoms with Crippen LogP contribution in [0.2, 0.25) is 0 Å². The highest BCUT2D eigenvalue weighted by Crippen LogP contribution is 2.18. The van der Waals surface area contributed by atoms with E-state index in [9.17, 15) is 4.79 Å². The average Bonchev–Trinajstić information content (AvgIpc) is 2.24. The summed E-state index contributed by atoms with van der Waals surface area (Å²) in [5.41, 5.74) is 5.80. The number of nitrogens with two attached hydrogens (primary N) is 1. The van der Waals surface area contributed by atoms with Crippen molar-refractivity contribution in [2.24, 2.45) is 11.7 Å². The number of nitrogens with zero attached hydrogens (tertiary/aromatic N) is 1. The van der Waals surface area contributed by atoms with Gasteiger partial charge in [0.25, 0.3) is 0 Å². The summed E-state index contributed by atoms with van der Waals surface area (Å²) in [5.74, 6) is 0.873. The summed E-state index contributed by atoms with van der Waals surface area (Å²) in [5, 5.41) is 0. The number of hydrogen-bond acceptors (Lipinski definition) is 2. The summed E-state index contributed by atoms with van der Waals surface area (Å²) in [6.45, 7) is 7.25. The third-order valence-corrected chi connectivity index (χ3v) is 2.79. The quantitative estimate of drug-likeness (QED) is 0.710. The molecule has 1 heterocycles. The molecule has 0 radical (unpaired) electrons. The van der Waals surface area contributed by atoms with E-state index < -0.39 is 0 Å². The van der Waals surface area contributed by atoms with E-state index in [0.717, 1.165) is 13.0 Å². The van der Waals surface area contributed by atoms with Crippen molar-refractivity contribution in [1.82, 2.24) is 4.90 Å². The molecule has 13 heavy (non-hydrogen) atoms. The van der Waals surface area contributed by atoms with E-state index in [4.69, 9.17) is 5.73 Å². The summed E-state index contributed by atoms with van der Waals surface area (Å²) in [4.78, 5) is 13.4. The van der Waals surface area contributed by atoms with Crippen LogP contribution >= 0.6 is 0 Å². The van der Waals surface area contributed by atoms with Gasteiger partial charge < -0.3 is 10.6 Å². The zero-order valence-electron chi connectivity index (χ0n) is 8.79. The lowest BCUT2D eigenvalue weighted by Gasteiger charge is -2.23. The van der Waals surface area contributed by atoms with Crippen molar-refractivity contribution in [3.8, 4) is 0 Å². The van der Waals surface area contributed by atoms with E-state index in [1.165, 1.54) is 0 Å². The molecule has 1 rings (SSSR count). The molecule has 1 fully saturated rings. The number of rotatable bonds is 3. The highest BCUT2D eigenvalue weighted by molar-refractivity contribution is 5.79. The zero-order valence-corrected chi connectivity index (χ0v) is 8.79. The highest BCUT2D eigenvalue weighted by atomic mass is 16.2. The topological polar surface area (TPSA) is 46.3 Å². The fourth-order valence-corrected chi connectivity index (χ4v) is 1.67. The standard InChI is InChI=1S/C10H20N2O/c1-7(2)4-5-12-8(3)9(11)6-10(12)13/h7-9H,4-6,11H2,1-3H3. The lowest BCUT2D eigenvalue weighted by atomic mass is 10.1. The van der Waals surface area contributed by atoms with Gasteiger partial charge >= 0.3 is 0 Å². The van der Waals surface area contributed by atoms with Crippen LogP contribution in [0, 0.1) is 5.92 Å². The maximum absolute atomic E-state index is 11.5. The van der Waals surface area contributed by atoms with Gasteiger partial charge in [0.15, 0.2) is 0 Å². The smallest absolute Gasteiger partial charge is 0.224 e. The Morgan fingerprint density at radius 1 is 1.62 bits per heavy atom. The predicted octanol–water partition coefficient (Wildman–Crippen LogP) is 0.981. The van der Waals surface area contributed by atoms with Crippen LogP contribution in [-0.4, -0.2) is 29.4 Å². The summed E-state index contributed by atoms with van der Waals surface area (Å²) >= 11 is 0. The Balaban J connectivity index is 2.44. The Labute approximate surface area is 80.3 Å². The Morgan fingerprint density at radius 3 is 2.62 bits per heavy atom. The third kappa shape index (κ3) is 2.44. The fourth-order valence-electron chi connectivity index (χ4n) is 1.67. The number of carbonyl (C=O) groups excluding carboxylic acids is 1. The second-order valence-corrected chi connectivity index (χ2v) is 4.38. The van der Waals surface area contributed by atoms with Crippen molar-refractivity contribution in [1.29, 1.82) is 0 Å². The third-order valence-electron chi connectivity index (χ3n) is 2.79. The van der Waals surface area contributed by atoms with Gasteiger partial charge in [0, 0.05) is 25.0 Å². The van der Waals surface area contributed by atoms with Gasteiger partial charge in [-0.15, -0.1) is 0 Å². The molecule has 1 amide bonds. The van der Waals surface area contributed by atoms with Gasteiger partial charge in [-0.3, -0.25) is 4.79 Å². The number of likely N-dealkylation sites (tertiary alicyclic amines) is 1. The first-order valence-electron chi connectivity index (χ1n) is 5.07. The fraction of sp³-hybridized carbons (Fsp3) is 0.900. The van der Waals surface area contributed by atoms with E-state index in [-0.39, 0.29) is 18.0 Å². The summed E-state index contributed by atoms with van der Waals surface area (Å²) in [6.07, 6.45) is 1.60. The minimum atomic E-state index is 0.0414. The van der Waals surface area contributed by atoms with E-state index in [1.807, 2.05) is 11.8 Å². The Hall–Kier alpha value is -0.570. The minimum absolute atomic E-state index is 0.0414. The second-order valence-electron chi connectivity index (χ2n) is 4.38. The van der Waals surface area contributed by atoms with E-state index in [2.05, 4.69) is 13.8 Å². The molecule has 0 bridgehead atoms. The van der Waals surface area contributed by atoms with E-state index in [1.54, 1.807) is 0 Å². The van der Waals surface area contributed by atoms with E-state index in [0.29, 0.717) is 12.3 Å². The number of hydrogen-bond donors (Lipinski definition) is 1. The van der Waals surface area contributed by atoms with Crippen LogP contribution in [0.5, 0.6) is 0 Å². The SMILES string of the molecule is CC(C)CCN1C(=O)CC(N)C1C. The van der Waals surface area contributed by atoms with Crippen LogP contribution in [-0.2, 0) is 4.79 Å². The summed E-state index contributed by atoms with van der Waals surface area (Å²) < 4.78 is 0. The first-order valence-corrected chi connectivity index (χ1v) is 5.07. The van der Waals surface area contributed by atoms with Gasteiger partial charge in [-0.2, -0.15) is 0 Å². The Morgan fingerprint density at radius 2 is 2.23 bits per heavy atom.